The summed E-state index contributed by atoms with van der Waals surface area (Å²) in [6.07, 6.45) is 0. The van der Waals surface area contributed by atoms with Gasteiger partial charge in [0.1, 0.15) is 6.54 Å². The van der Waals surface area contributed by atoms with Gasteiger partial charge in [-0.15, -0.1) is 0 Å². The Hall–Kier alpha value is -2.67. The third-order valence-electron chi connectivity index (χ3n) is 3.01. The molecule has 1 amide bonds. The van der Waals surface area contributed by atoms with Gasteiger partial charge in [-0.05, 0) is 31.2 Å². The summed E-state index contributed by atoms with van der Waals surface area (Å²) in [5, 5.41) is 6.92. The van der Waals surface area contributed by atoms with E-state index in [2.05, 4.69) is 15.2 Å². The van der Waals surface area contributed by atoms with E-state index < -0.39 is 17.3 Å². The molecule has 0 saturated carbocycles. The van der Waals surface area contributed by atoms with Crippen molar-refractivity contribution in [3.63, 3.8) is 0 Å². The van der Waals surface area contributed by atoms with Gasteiger partial charge in [0.15, 0.2) is 5.69 Å². The van der Waals surface area contributed by atoms with Crippen LogP contribution < -0.4 is 10.7 Å². The van der Waals surface area contributed by atoms with Crippen molar-refractivity contribution in [1.82, 2.24) is 15.1 Å². The van der Waals surface area contributed by atoms with Crippen LogP contribution >= 0.6 is 11.6 Å². The molecule has 2 aromatic rings. The fourth-order valence-electron chi connectivity index (χ4n) is 1.86. The Balaban J connectivity index is 2.36. The second-order valence-electron chi connectivity index (χ2n) is 4.65. The van der Waals surface area contributed by atoms with E-state index in [0.717, 1.165) is 0 Å². The zero-order valence-corrected chi connectivity index (χ0v) is 13.3. The molecule has 0 aliphatic heterocycles. The van der Waals surface area contributed by atoms with Gasteiger partial charge < -0.3 is 10.1 Å². The normalized spacial score (nSPS) is 10.2. The number of hydrogen-bond donors (Lipinski definition) is 1. The molecule has 0 unspecified atom stereocenters. The molecule has 1 N–H and O–H groups in total. The van der Waals surface area contributed by atoms with Gasteiger partial charge in [0.2, 0.25) is 5.43 Å². The summed E-state index contributed by atoms with van der Waals surface area (Å²) in [4.78, 5) is 35.0. The fourth-order valence-corrected chi connectivity index (χ4v) is 1.98. The minimum absolute atomic E-state index is 0.311. The molecule has 2 rings (SSSR count). The Morgan fingerprint density at radius 1 is 1.30 bits per heavy atom. The van der Waals surface area contributed by atoms with Crippen LogP contribution in [0.3, 0.4) is 0 Å². The highest BCUT2D eigenvalue weighted by molar-refractivity contribution is 6.30. The topological polar surface area (TPSA) is 90.3 Å². The number of amides is 1. The number of benzene rings is 1. The van der Waals surface area contributed by atoms with Crippen molar-refractivity contribution in [2.45, 2.75) is 6.92 Å². The van der Waals surface area contributed by atoms with Crippen molar-refractivity contribution in [1.29, 1.82) is 0 Å². The molecule has 120 valence electrons. The zero-order valence-electron chi connectivity index (χ0n) is 12.5. The van der Waals surface area contributed by atoms with E-state index >= 15 is 0 Å². The van der Waals surface area contributed by atoms with E-state index in [4.69, 9.17) is 11.6 Å². The summed E-state index contributed by atoms with van der Waals surface area (Å²) in [5.74, 6) is -1.37. The number of nitrogens with one attached hydrogen (secondary N) is 1. The lowest BCUT2D eigenvalue weighted by Gasteiger charge is -2.11. The molecule has 0 radical (unpaired) electrons. The van der Waals surface area contributed by atoms with Crippen molar-refractivity contribution >= 4 is 23.5 Å². The van der Waals surface area contributed by atoms with Crippen LogP contribution in [0.4, 0.5) is 0 Å². The van der Waals surface area contributed by atoms with Gasteiger partial charge in [-0.2, -0.15) is 5.10 Å². The van der Waals surface area contributed by atoms with Crippen LogP contribution in [-0.2, 0) is 9.53 Å². The second-order valence-corrected chi connectivity index (χ2v) is 5.08. The number of esters is 1. The largest absolute Gasteiger partial charge is 0.468 e. The first-order valence-electron chi connectivity index (χ1n) is 6.64. The van der Waals surface area contributed by atoms with Crippen LogP contribution in [0.1, 0.15) is 16.2 Å². The number of hydrogen-bond acceptors (Lipinski definition) is 5. The monoisotopic (exact) mass is 335 g/mol. The molecule has 7 nitrogen and oxygen atoms in total. The third-order valence-corrected chi connectivity index (χ3v) is 3.27. The molecular weight excluding hydrogens is 322 g/mol. The maximum atomic E-state index is 12.0. The number of aromatic nitrogens is 2. The van der Waals surface area contributed by atoms with Gasteiger partial charge in [0.05, 0.1) is 12.8 Å². The number of carbonyl (C=O) groups is 2. The SMILES string of the molecule is COC(=O)CNC(=O)c1nn(-c2ccc(Cl)cc2)c(C)cc1=O. The third kappa shape index (κ3) is 3.95. The van der Waals surface area contributed by atoms with Crippen LogP contribution in [0.2, 0.25) is 5.02 Å². The van der Waals surface area contributed by atoms with Gasteiger partial charge in [0, 0.05) is 16.8 Å². The summed E-state index contributed by atoms with van der Waals surface area (Å²) >= 11 is 5.84. The van der Waals surface area contributed by atoms with E-state index in [-0.39, 0.29) is 12.2 Å². The smallest absolute Gasteiger partial charge is 0.325 e. The minimum atomic E-state index is -0.747. The molecule has 1 aromatic heterocycles. The van der Waals surface area contributed by atoms with E-state index in [1.54, 1.807) is 31.2 Å². The molecule has 0 spiro atoms. The standard InChI is InChI=1S/C15H14ClN3O4/c1-9-7-12(20)14(15(22)17-8-13(21)23-2)18-19(9)11-5-3-10(16)4-6-11/h3-7H,8H2,1-2H3,(H,17,22). The first kappa shape index (κ1) is 16.7. The van der Waals surface area contributed by atoms with E-state index in [0.29, 0.717) is 16.4 Å². The van der Waals surface area contributed by atoms with Crippen LogP contribution in [0.5, 0.6) is 0 Å². The van der Waals surface area contributed by atoms with Crippen molar-refractivity contribution in [3.05, 3.63) is 57.0 Å². The minimum Gasteiger partial charge on any atom is -0.468 e. The molecule has 0 aliphatic carbocycles. The fraction of sp³-hybridized carbons (Fsp3) is 0.200. The highest BCUT2D eigenvalue weighted by atomic mass is 35.5. The molecule has 0 aliphatic rings. The van der Waals surface area contributed by atoms with Crippen LogP contribution in [0.15, 0.2) is 35.1 Å². The quantitative estimate of drug-likeness (QED) is 0.845. The lowest BCUT2D eigenvalue weighted by molar-refractivity contribution is -0.139. The summed E-state index contributed by atoms with van der Waals surface area (Å²) in [6, 6.07) is 8.07. The molecule has 8 heteroatoms. The first-order valence-corrected chi connectivity index (χ1v) is 7.02. The Kier molecular flexibility index (Phi) is 5.13. The number of carbonyl (C=O) groups excluding carboxylic acids is 2. The lowest BCUT2D eigenvalue weighted by atomic mass is 10.2. The molecule has 0 saturated heterocycles. The molecular formula is C15H14ClN3O4. The average Bonchev–Trinajstić information content (AvgIpc) is 2.53. The number of methoxy groups -OCH3 is 1. The number of nitrogens with zero attached hydrogens (tertiary/aromatic N) is 2. The summed E-state index contributed by atoms with van der Waals surface area (Å²) in [7, 11) is 1.20. The Bertz CT molecular complexity index is 799. The van der Waals surface area contributed by atoms with Crippen molar-refractivity contribution in [2.75, 3.05) is 13.7 Å². The van der Waals surface area contributed by atoms with E-state index in [1.807, 2.05) is 0 Å². The van der Waals surface area contributed by atoms with Crippen molar-refractivity contribution < 1.29 is 14.3 Å². The Labute approximate surface area is 136 Å². The van der Waals surface area contributed by atoms with Crippen LogP contribution in [0.25, 0.3) is 5.69 Å². The van der Waals surface area contributed by atoms with E-state index in [9.17, 15) is 14.4 Å². The average molecular weight is 336 g/mol. The van der Waals surface area contributed by atoms with Crippen LogP contribution in [0, 0.1) is 6.92 Å². The molecule has 23 heavy (non-hydrogen) atoms. The van der Waals surface area contributed by atoms with Gasteiger partial charge >= 0.3 is 5.97 Å². The summed E-state index contributed by atoms with van der Waals surface area (Å²) in [5.41, 5.74) is 0.361. The molecule has 1 aromatic carbocycles. The second kappa shape index (κ2) is 7.06. The van der Waals surface area contributed by atoms with Gasteiger partial charge in [0.25, 0.3) is 5.91 Å². The summed E-state index contributed by atoms with van der Waals surface area (Å²) < 4.78 is 5.87. The van der Waals surface area contributed by atoms with Crippen LogP contribution in [-0.4, -0.2) is 35.3 Å². The first-order chi connectivity index (χ1) is 10.9. The van der Waals surface area contributed by atoms with Crippen molar-refractivity contribution in [3.8, 4) is 5.69 Å². The number of aryl methyl sites for hydroxylation is 1. The predicted octanol–water partition coefficient (Wildman–Crippen LogP) is 1.10. The molecule has 0 atom stereocenters. The number of halogens is 1. The van der Waals surface area contributed by atoms with Gasteiger partial charge in [-0.3, -0.25) is 14.4 Å². The molecule has 0 fully saturated rings. The molecule has 1 heterocycles. The highest BCUT2D eigenvalue weighted by Crippen LogP contribution is 2.13. The predicted molar refractivity (Wildman–Crippen MR) is 83.9 cm³/mol. The van der Waals surface area contributed by atoms with Gasteiger partial charge in [-0.1, -0.05) is 11.6 Å². The van der Waals surface area contributed by atoms with E-state index in [1.165, 1.54) is 17.9 Å². The van der Waals surface area contributed by atoms with Crippen molar-refractivity contribution in [2.24, 2.45) is 0 Å². The highest BCUT2D eigenvalue weighted by Gasteiger charge is 2.16. The number of rotatable bonds is 4. The zero-order chi connectivity index (χ0) is 17.0. The number of ether oxygens (including phenoxy) is 1. The Morgan fingerprint density at radius 2 is 1.96 bits per heavy atom. The Morgan fingerprint density at radius 3 is 2.57 bits per heavy atom. The van der Waals surface area contributed by atoms with Gasteiger partial charge in [-0.25, -0.2) is 4.68 Å². The summed E-state index contributed by atoms with van der Waals surface area (Å²) in [6.45, 7) is 1.35. The maximum Gasteiger partial charge on any atom is 0.325 e. The lowest BCUT2D eigenvalue weighted by Crippen LogP contribution is -2.35. The molecule has 0 bridgehead atoms. The maximum absolute atomic E-state index is 12.0.